The number of rotatable bonds is 4. The largest absolute Gasteiger partial charge is 0.454 e. The number of ether oxygens (including phenoxy) is 2. The SMILES string of the molecule is C/C(=C\C(=O)N(c1ccccn1)C1CCCCC1)c1ccc2c(c1)OCO2. The van der Waals surface area contributed by atoms with E-state index in [4.69, 9.17) is 9.47 Å². The molecule has 0 unspecified atom stereocenters. The number of carbonyl (C=O) groups is 1. The molecule has 1 fully saturated rings. The lowest BCUT2D eigenvalue weighted by molar-refractivity contribution is -0.114. The van der Waals surface area contributed by atoms with Gasteiger partial charge in [0.05, 0.1) is 0 Å². The summed E-state index contributed by atoms with van der Waals surface area (Å²) in [4.78, 5) is 19.5. The fraction of sp³-hybridized carbons (Fsp3) is 0.364. The Kier molecular flexibility index (Phi) is 5.10. The molecule has 5 heteroatoms. The number of pyridine rings is 1. The first kappa shape index (κ1) is 17.6. The number of hydrogen-bond acceptors (Lipinski definition) is 4. The first-order valence-corrected chi connectivity index (χ1v) is 9.55. The van der Waals surface area contributed by atoms with Crippen LogP contribution in [-0.4, -0.2) is 23.7 Å². The molecule has 0 N–H and O–H groups in total. The van der Waals surface area contributed by atoms with Crippen molar-refractivity contribution in [2.75, 3.05) is 11.7 Å². The molecule has 0 bridgehead atoms. The highest BCUT2D eigenvalue weighted by Crippen LogP contribution is 2.34. The van der Waals surface area contributed by atoms with Gasteiger partial charge in [-0.05, 0) is 55.2 Å². The molecule has 2 aliphatic rings. The fourth-order valence-electron chi connectivity index (χ4n) is 3.80. The Morgan fingerprint density at radius 1 is 1.11 bits per heavy atom. The van der Waals surface area contributed by atoms with E-state index in [-0.39, 0.29) is 18.7 Å². The zero-order valence-electron chi connectivity index (χ0n) is 15.6. The minimum atomic E-state index is -0.0178. The highest BCUT2D eigenvalue weighted by Gasteiger charge is 2.26. The zero-order valence-corrected chi connectivity index (χ0v) is 15.6. The minimum absolute atomic E-state index is 0.0178. The van der Waals surface area contributed by atoms with Crippen molar-refractivity contribution in [1.29, 1.82) is 0 Å². The maximum atomic E-state index is 13.2. The molecule has 1 aromatic carbocycles. The third kappa shape index (κ3) is 3.82. The van der Waals surface area contributed by atoms with Crippen molar-refractivity contribution in [3.63, 3.8) is 0 Å². The number of anilines is 1. The normalized spacial score (nSPS) is 17.0. The van der Waals surface area contributed by atoms with Crippen molar-refractivity contribution in [2.24, 2.45) is 0 Å². The molecular formula is C22H24N2O3. The van der Waals surface area contributed by atoms with Gasteiger partial charge in [0.1, 0.15) is 5.82 Å². The third-order valence-corrected chi connectivity index (χ3v) is 5.24. The van der Waals surface area contributed by atoms with Crippen LogP contribution in [0.2, 0.25) is 0 Å². The van der Waals surface area contributed by atoms with E-state index in [1.165, 1.54) is 6.42 Å². The fourth-order valence-corrected chi connectivity index (χ4v) is 3.80. The summed E-state index contributed by atoms with van der Waals surface area (Å²) in [5, 5.41) is 0. The molecule has 27 heavy (non-hydrogen) atoms. The average Bonchev–Trinajstić information content (AvgIpc) is 3.17. The topological polar surface area (TPSA) is 51.7 Å². The number of hydrogen-bond donors (Lipinski definition) is 0. The van der Waals surface area contributed by atoms with Crippen molar-refractivity contribution in [1.82, 2.24) is 4.98 Å². The van der Waals surface area contributed by atoms with Gasteiger partial charge < -0.3 is 9.47 Å². The van der Waals surface area contributed by atoms with Crippen molar-refractivity contribution >= 4 is 17.3 Å². The van der Waals surface area contributed by atoms with Gasteiger partial charge in [0, 0.05) is 18.3 Å². The van der Waals surface area contributed by atoms with Gasteiger partial charge in [-0.2, -0.15) is 0 Å². The molecule has 1 aromatic heterocycles. The van der Waals surface area contributed by atoms with Gasteiger partial charge in [-0.15, -0.1) is 0 Å². The molecule has 2 aromatic rings. The molecule has 0 spiro atoms. The number of benzene rings is 1. The minimum Gasteiger partial charge on any atom is -0.454 e. The van der Waals surface area contributed by atoms with Crippen molar-refractivity contribution in [3.8, 4) is 11.5 Å². The van der Waals surface area contributed by atoms with Crippen LogP contribution in [0.4, 0.5) is 5.82 Å². The lowest BCUT2D eigenvalue weighted by atomic mass is 9.94. The van der Waals surface area contributed by atoms with E-state index in [9.17, 15) is 4.79 Å². The number of allylic oxidation sites excluding steroid dienone is 1. The monoisotopic (exact) mass is 364 g/mol. The van der Waals surface area contributed by atoms with Gasteiger partial charge in [-0.25, -0.2) is 4.98 Å². The summed E-state index contributed by atoms with van der Waals surface area (Å²) in [6.45, 7) is 2.20. The second-order valence-electron chi connectivity index (χ2n) is 7.08. The smallest absolute Gasteiger partial charge is 0.252 e. The van der Waals surface area contributed by atoms with E-state index in [0.29, 0.717) is 0 Å². The van der Waals surface area contributed by atoms with Gasteiger partial charge >= 0.3 is 0 Å². The third-order valence-electron chi connectivity index (χ3n) is 5.24. The Hall–Kier alpha value is -2.82. The zero-order chi connectivity index (χ0) is 18.6. The number of nitrogens with zero attached hydrogens (tertiary/aromatic N) is 2. The Bertz CT molecular complexity index is 842. The van der Waals surface area contributed by atoms with Crippen LogP contribution in [0.15, 0.2) is 48.7 Å². The van der Waals surface area contributed by atoms with Crippen molar-refractivity contribution < 1.29 is 14.3 Å². The summed E-state index contributed by atoms with van der Waals surface area (Å²) in [7, 11) is 0. The van der Waals surface area contributed by atoms with Crippen LogP contribution in [0.1, 0.15) is 44.6 Å². The second-order valence-corrected chi connectivity index (χ2v) is 7.08. The summed E-state index contributed by atoms with van der Waals surface area (Å²) < 4.78 is 10.8. The number of aromatic nitrogens is 1. The van der Waals surface area contributed by atoms with E-state index in [1.807, 2.05) is 48.2 Å². The van der Waals surface area contributed by atoms with Crippen LogP contribution in [0, 0.1) is 0 Å². The summed E-state index contributed by atoms with van der Waals surface area (Å²) >= 11 is 0. The highest BCUT2D eigenvalue weighted by molar-refractivity contribution is 6.05. The summed E-state index contributed by atoms with van der Waals surface area (Å²) in [5.41, 5.74) is 1.85. The lowest BCUT2D eigenvalue weighted by Crippen LogP contribution is -2.41. The van der Waals surface area contributed by atoms with Crippen LogP contribution in [-0.2, 0) is 4.79 Å². The predicted octanol–water partition coefficient (Wildman–Crippen LogP) is 4.58. The quantitative estimate of drug-likeness (QED) is 0.745. The molecule has 1 aliphatic heterocycles. The predicted molar refractivity (Wildman–Crippen MR) is 105 cm³/mol. The number of carbonyl (C=O) groups excluding carboxylic acids is 1. The van der Waals surface area contributed by atoms with E-state index in [0.717, 1.165) is 54.1 Å². The molecule has 1 amide bonds. The Morgan fingerprint density at radius 3 is 2.70 bits per heavy atom. The van der Waals surface area contributed by atoms with E-state index in [2.05, 4.69) is 4.98 Å². The van der Waals surface area contributed by atoms with E-state index in [1.54, 1.807) is 12.3 Å². The van der Waals surface area contributed by atoms with Gasteiger partial charge in [-0.3, -0.25) is 9.69 Å². The Morgan fingerprint density at radius 2 is 1.93 bits per heavy atom. The Balaban J connectivity index is 1.61. The second kappa shape index (κ2) is 7.82. The molecule has 140 valence electrons. The molecule has 2 heterocycles. The molecule has 5 nitrogen and oxygen atoms in total. The molecule has 4 rings (SSSR count). The summed E-state index contributed by atoms with van der Waals surface area (Å²) in [6, 6.07) is 11.7. The molecule has 0 atom stereocenters. The molecule has 1 saturated carbocycles. The first-order chi connectivity index (χ1) is 13.2. The molecule has 0 saturated heterocycles. The maximum absolute atomic E-state index is 13.2. The average molecular weight is 364 g/mol. The van der Waals surface area contributed by atoms with Gasteiger partial charge in [0.25, 0.3) is 5.91 Å². The number of fused-ring (bicyclic) bond motifs is 1. The van der Waals surface area contributed by atoms with E-state index >= 15 is 0 Å². The van der Waals surface area contributed by atoms with Crippen LogP contribution in [0.5, 0.6) is 11.5 Å². The Labute approximate surface area is 159 Å². The molecule has 0 radical (unpaired) electrons. The van der Waals surface area contributed by atoms with Crippen LogP contribution >= 0.6 is 0 Å². The molecular weight excluding hydrogens is 340 g/mol. The first-order valence-electron chi connectivity index (χ1n) is 9.55. The van der Waals surface area contributed by atoms with Gasteiger partial charge in [0.15, 0.2) is 11.5 Å². The van der Waals surface area contributed by atoms with E-state index < -0.39 is 0 Å². The maximum Gasteiger partial charge on any atom is 0.252 e. The van der Waals surface area contributed by atoms with Crippen LogP contribution < -0.4 is 14.4 Å². The van der Waals surface area contributed by atoms with Gasteiger partial charge in [-0.1, -0.05) is 31.4 Å². The van der Waals surface area contributed by atoms with Crippen LogP contribution in [0.3, 0.4) is 0 Å². The number of amides is 1. The summed E-state index contributed by atoms with van der Waals surface area (Å²) in [6.07, 6.45) is 9.07. The van der Waals surface area contributed by atoms with Crippen LogP contribution in [0.25, 0.3) is 5.57 Å². The van der Waals surface area contributed by atoms with Crippen molar-refractivity contribution in [2.45, 2.75) is 45.1 Å². The molecule has 1 aliphatic carbocycles. The van der Waals surface area contributed by atoms with Crippen molar-refractivity contribution in [3.05, 3.63) is 54.2 Å². The summed E-state index contributed by atoms with van der Waals surface area (Å²) in [5.74, 6) is 2.18. The lowest BCUT2D eigenvalue weighted by Gasteiger charge is -2.33. The highest BCUT2D eigenvalue weighted by atomic mass is 16.7. The van der Waals surface area contributed by atoms with Gasteiger partial charge in [0.2, 0.25) is 6.79 Å². The standard InChI is InChI=1S/C22H24N2O3/c1-16(17-10-11-19-20(14-17)27-15-26-19)13-22(25)24(18-7-3-2-4-8-18)21-9-5-6-12-23-21/h5-6,9-14,18H,2-4,7-8,15H2,1H3/b16-13+.